The molecule has 0 heterocycles. The van der Waals surface area contributed by atoms with Crippen LogP contribution in [-0.4, -0.2) is 49.4 Å². The van der Waals surface area contributed by atoms with Crippen LogP contribution in [0.5, 0.6) is 0 Å². The summed E-state index contributed by atoms with van der Waals surface area (Å²) in [4.78, 5) is 5.06. The van der Waals surface area contributed by atoms with E-state index in [4.69, 9.17) is 9.47 Å². The lowest BCUT2D eigenvalue weighted by molar-refractivity contribution is 0.0165. The summed E-state index contributed by atoms with van der Waals surface area (Å²) in [5.41, 5.74) is 5.04. The van der Waals surface area contributed by atoms with Crippen molar-refractivity contribution in [3.8, 4) is 11.1 Å². The zero-order chi connectivity index (χ0) is 31.5. The number of hydrogen-bond acceptors (Lipinski definition) is 4. The quantitative estimate of drug-likeness (QED) is 0.0677. The summed E-state index contributed by atoms with van der Waals surface area (Å²) in [6, 6.07) is 17.5. The van der Waals surface area contributed by atoms with Crippen LogP contribution in [0.2, 0.25) is 0 Å². The summed E-state index contributed by atoms with van der Waals surface area (Å²) in [6.07, 6.45) is 20.8. The Morgan fingerprint density at radius 2 is 0.727 bits per heavy atom. The van der Waals surface area contributed by atoms with Gasteiger partial charge in [0.1, 0.15) is 0 Å². The number of ether oxygens (including phenoxy) is 2. The van der Waals surface area contributed by atoms with Crippen molar-refractivity contribution < 1.29 is 9.47 Å². The lowest BCUT2D eigenvalue weighted by atomic mass is 9.96. The van der Waals surface area contributed by atoms with Gasteiger partial charge >= 0.3 is 0 Å². The third-order valence-corrected chi connectivity index (χ3v) is 8.70. The van der Waals surface area contributed by atoms with E-state index in [0.717, 1.165) is 26.2 Å². The van der Waals surface area contributed by atoms with Gasteiger partial charge in [0.25, 0.3) is 0 Å². The molecule has 0 saturated heterocycles. The van der Waals surface area contributed by atoms with Crippen molar-refractivity contribution in [2.24, 2.45) is 0 Å². The number of nitrogens with zero attached hydrogens (tertiary/aromatic N) is 2. The van der Waals surface area contributed by atoms with E-state index in [1.807, 2.05) is 0 Å². The van der Waals surface area contributed by atoms with Gasteiger partial charge in [0.05, 0.1) is 26.7 Å². The van der Waals surface area contributed by atoms with E-state index < -0.39 is 0 Å². The molecule has 0 bridgehead atoms. The number of hydrogen-bond donors (Lipinski definition) is 0. The van der Waals surface area contributed by atoms with Crippen molar-refractivity contribution in [1.29, 1.82) is 0 Å². The smallest absolute Gasteiger partial charge is 0.0994 e. The maximum atomic E-state index is 6.40. The predicted octanol–water partition coefficient (Wildman–Crippen LogP) is 11.2. The number of benzene rings is 2. The van der Waals surface area contributed by atoms with E-state index in [-0.39, 0.29) is 0 Å². The molecule has 2 rings (SSSR count). The molecule has 0 aliphatic rings. The van der Waals surface area contributed by atoms with Gasteiger partial charge in [-0.15, -0.1) is 0 Å². The normalized spacial score (nSPS) is 11.7. The van der Waals surface area contributed by atoms with Gasteiger partial charge in [-0.05, 0) is 47.9 Å². The zero-order valence-electron chi connectivity index (χ0n) is 29.3. The van der Waals surface area contributed by atoms with Crippen molar-refractivity contribution >= 4 is 0 Å². The Balaban J connectivity index is 1.97. The Kier molecular flexibility index (Phi) is 23.2. The minimum absolute atomic E-state index is 0.634. The SMILES string of the molecule is CCCCCCCN(CCCCC)COCc1ccccc1-c1ccccc1COCN(CCCCC)CCCCCCC. The Labute approximate surface area is 272 Å². The first-order valence-electron chi connectivity index (χ1n) is 18.5. The molecule has 0 atom stereocenters. The van der Waals surface area contributed by atoms with Crippen LogP contribution in [0.1, 0.15) is 142 Å². The second kappa shape index (κ2) is 26.5. The van der Waals surface area contributed by atoms with Crippen LogP contribution in [0.4, 0.5) is 0 Å². The van der Waals surface area contributed by atoms with Crippen molar-refractivity contribution in [3.05, 3.63) is 59.7 Å². The fourth-order valence-corrected chi connectivity index (χ4v) is 5.92. The largest absolute Gasteiger partial charge is 0.361 e. The lowest BCUT2D eigenvalue weighted by Gasteiger charge is -2.23. The summed E-state index contributed by atoms with van der Waals surface area (Å²) >= 11 is 0. The molecule has 0 aromatic heterocycles. The molecule has 44 heavy (non-hydrogen) atoms. The fraction of sp³-hybridized carbons (Fsp3) is 0.700. The van der Waals surface area contributed by atoms with Gasteiger partial charge in [-0.1, -0.05) is 153 Å². The maximum Gasteiger partial charge on any atom is 0.0994 e. The van der Waals surface area contributed by atoms with Gasteiger partial charge < -0.3 is 9.47 Å². The molecule has 4 nitrogen and oxygen atoms in total. The molecule has 0 unspecified atom stereocenters. The van der Waals surface area contributed by atoms with Gasteiger partial charge in [0.15, 0.2) is 0 Å². The minimum atomic E-state index is 0.634. The fourth-order valence-electron chi connectivity index (χ4n) is 5.92. The second-order valence-corrected chi connectivity index (χ2v) is 12.7. The van der Waals surface area contributed by atoms with E-state index >= 15 is 0 Å². The van der Waals surface area contributed by atoms with Gasteiger partial charge in [0, 0.05) is 26.2 Å². The molecule has 0 aliphatic heterocycles. The molecule has 0 radical (unpaired) electrons. The molecule has 0 amide bonds. The molecule has 0 aliphatic carbocycles. The van der Waals surface area contributed by atoms with Crippen LogP contribution in [-0.2, 0) is 22.7 Å². The number of unbranched alkanes of at least 4 members (excludes halogenated alkanes) is 12. The molecular weight excluding hydrogens is 540 g/mol. The van der Waals surface area contributed by atoms with Crippen molar-refractivity contribution in [3.63, 3.8) is 0 Å². The van der Waals surface area contributed by atoms with Gasteiger partial charge in [-0.25, -0.2) is 0 Å². The summed E-state index contributed by atoms with van der Waals surface area (Å²) in [5, 5.41) is 0. The van der Waals surface area contributed by atoms with Crippen LogP contribution in [0.25, 0.3) is 11.1 Å². The van der Waals surface area contributed by atoms with E-state index in [2.05, 4.69) is 86.0 Å². The minimum Gasteiger partial charge on any atom is -0.361 e. The molecule has 0 spiro atoms. The third kappa shape index (κ3) is 17.1. The summed E-state index contributed by atoms with van der Waals surface area (Å²) < 4.78 is 12.8. The predicted molar refractivity (Wildman–Crippen MR) is 191 cm³/mol. The van der Waals surface area contributed by atoms with Crippen LogP contribution >= 0.6 is 0 Å². The Morgan fingerprint density at radius 3 is 1.11 bits per heavy atom. The monoisotopic (exact) mass is 609 g/mol. The van der Waals surface area contributed by atoms with Gasteiger partial charge in [-0.2, -0.15) is 0 Å². The average molecular weight is 609 g/mol. The Hall–Kier alpha value is -1.72. The van der Waals surface area contributed by atoms with E-state index in [0.29, 0.717) is 26.7 Å². The van der Waals surface area contributed by atoms with Gasteiger partial charge in [0.2, 0.25) is 0 Å². The molecule has 4 heteroatoms. The lowest BCUT2D eigenvalue weighted by Crippen LogP contribution is -2.29. The highest BCUT2D eigenvalue weighted by molar-refractivity contribution is 5.70. The topological polar surface area (TPSA) is 24.9 Å². The molecule has 250 valence electrons. The number of rotatable bonds is 29. The van der Waals surface area contributed by atoms with E-state index in [9.17, 15) is 0 Å². The highest BCUT2D eigenvalue weighted by Gasteiger charge is 2.12. The summed E-state index contributed by atoms with van der Waals surface area (Å²) in [6.45, 7) is 16.4. The van der Waals surface area contributed by atoms with Crippen molar-refractivity contribution in [2.75, 3.05) is 39.6 Å². The van der Waals surface area contributed by atoms with Crippen LogP contribution < -0.4 is 0 Å². The summed E-state index contributed by atoms with van der Waals surface area (Å²) in [7, 11) is 0. The standard InChI is InChI=1S/C40H68N2O2/c1-5-9-13-15-23-31-41(29-21-11-7-3)35-43-33-37-25-17-19-27-39(37)40-28-20-18-26-38(40)34-44-36-42(30-22-12-8-4)32-24-16-14-10-6-2/h17-20,25-28H,5-16,21-24,29-36H2,1-4H3. The zero-order valence-corrected chi connectivity index (χ0v) is 29.3. The van der Waals surface area contributed by atoms with E-state index in [1.165, 1.54) is 125 Å². The molecular formula is C40H68N2O2. The maximum absolute atomic E-state index is 6.40. The van der Waals surface area contributed by atoms with Crippen LogP contribution in [0.15, 0.2) is 48.5 Å². The van der Waals surface area contributed by atoms with Gasteiger partial charge in [-0.3, -0.25) is 9.80 Å². The highest BCUT2D eigenvalue weighted by Crippen LogP contribution is 2.28. The molecule has 0 fully saturated rings. The van der Waals surface area contributed by atoms with Crippen molar-refractivity contribution in [2.45, 2.75) is 144 Å². The first-order valence-corrected chi connectivity index (χ1v) is 18.5. The average Bonchev–Trinajstić information content (AvgIpc) is 3.04. The Bertz CT molecular complexity index is 858. The van der Waals surface area contributed by atoms with E-state index in [1.54, 1.807) is 0 Å². The molecule has 0 saturated carbocycles. The van der Waals surface area contributed by atoms with Crippen LogP contribution in [0, 0.1) is 0 Å². The Morgan fingerprint density at radius 1 is 0.409 bits per heavy atom. The van der Waals surface area contributed by atoms with Crippen LogP contribution in [0.3, 0.4) is 0 Å². The second-order valence-electron chi connectivity index (χ2n) is 12.7. The third-order valence-electron chi connectivity index (χ3n) is 8.70. The first-order chi connectivity index (χ1) is 21.7. The van der Waals surface area contributed by atoms with Crippen molar-refractivity contribution in [1.82, 2.24) is 9.80 Å². The highest BCUT2D eigenvalue weighted by atomic mass is 16.5. The molecule has 2 aromatic carbocycles. The first kappa shape index (κ1) is 38.5. The molecule has 2 aromatic rings. The molecule has 0 N–H and O–H groups in total. The summed E-state index contributed by atoms with van der Waals surface area (Å²) in [5.74, 6) is 0.